The molecule has 12 aromatic rings. The molecule has 4 aliphatic heterocycles. The molecule has 16 nitrogen and oxygen atoms in total. The first-order valence-corrected chi connectivity index (χ1v) is 30.8. The fourth-order valence-corrected chi connectivity index (χ4v) is 12.9. The lowest BCUT2D eigenvalue weighted by Crippen LogP contribution is -2.60. The molecule has 0 atom stereocenters. The first-order chi connectivity index (χ1) is 53.9. The van der Waals surface area contributed by atoms with Gasteiger partial charge in [-0.25, -0.2) is 38.2 Å². The van der Waals surface area contributed by atoms with Crippen LogP contribution in [-0.2, 0) is 28.2 Å². The molecule has 0 fully saturated rings. The van der Waals surface area contributed by atoms with Gasteiger partial charge in [-0.2, -0.15) is 0 Å². The molecule has 12 aromatic heterocycles. The molecule has 0 unspecified atom stereocenters. The lowest BCUT2D eigenvalue weighted by molar-refractivity contribution is -0.654. The van der Waals surface area contributed by atoms with Crippen LogP contribution in [0.1, 0.15) is 113 Å². The predicted molar refractivity (Wildman–Crippen MR) is 390 cm³/mol. The summed E-state index contributed by atoms with van der Waals surface area (Å²) < 4.78 is 191. The van der Waals surface area contributed by atoms with Crippen LogP contribution >= 0.6 is 0 Å². The minimum Gasteiger partial charge on any atom is -0.423 e. The summed E-state index contributed by atoms with van der Waals surface area (Å²) in [4.78, 5) is 24.7. The zero-order chi connectivity index (χ0) is 84.7. The van der Waals surface area contributed by atoms with Crippen LogP contribution in [0.5, 0.6) is 0 Å². The first kappa shape index (κ1) is 42.9. The van der Waals surface area contributed by atoms with Crippen molar-refractivity contribution in [1.82, 2.24) is 19.9 Å². The predicted octanol–water partition coefficient (Wildman–Crippen LogP) is 9.61. The van der Waals surface area contributed by atoms with Crippen LogP contribution in [-0.4, -0.2) is 75.5 Å². The molecule has 0 saturated carbocycles. The van der Waals surface area contributed by atoms with Crippen molar-refractivity contribution in [3.05, 3.63) is 212 Å². The molecule has 20 heteroatoms. The molecule has 0 spiro atoms. The van der Waals surface area contributed by atoms with Crippen LogP contribution in [0.4, 0.5) is 23.5 Å². The standard InChI is InChI=1S/C20H23BN3O.C19H21BN3O.2C18H19BN3O/c1-12-10-17(23(5)11-14(12)3)21-8-7-16-18-13(2)9-15(4)22-19(18)25-20(16)24(21)6;1-12-10-17(22(4)11-13(12)2)20-9-8-16-15-7-6-14(3)21-18(15)24-19(16)23(20)5;1-12-5-8-16(21(3)11-12)19-10-9-15-14-7-6-13(2)20-17(14)23-18(15)22(19)4;1-12-8-10-21(3)16(11-12)19-9-7-15-14-6-5-13(2)20-17(14)23-18(15)22(19)4/h7-11H,1-6H3;6-11H,1-5H3;2*5-11H,1-4H3/q4*+1/i3D3,4D3;2D3,3D3;1D3,2D3;2D3. The number of furan rings is 4. The van der Waals surface area contributed by atoms with E-state index in [0.29, 0.717) is 57.2 Å². The van der Waals surface area contributed by atoms with E-state index in [2.05, 4.69) is 54.3 Å². The van der Waals surface area contributed by atoms with E-state index in [0.717, 1.165) is 71.7 Å². The van der Waals surface area contributed by atoms with Crippen LogP contribution < -0.4 is 59.9 Å². The van der Waals surface area contributed by atoms with E-state index in [9.17, 15) is 0 Å². The van der Waals surface area contributed by atoms with Crippen molar-refractivity contribution >= 4 is 142 Å². The van der Waals surface area contributed by atoms with E-state index < -0.39 is 48.0 Å². The van der Waals surface area contributed by atoms with Crippen molar-refractivity contribution in [3.8, 4) is 0 Å². The topological polar surface area (TPSA) is 133 Å². The Balaban J connectivity index is 0.000000135. The van der Waals surface area contributed by atoms with E-state index in [1.54, 1.807) is 79.5 Å². The largest absolute Gasteiger partial charge is 0.423 e. The van der Waals surface area contributed by atoms with Crippen LogP contribution in [0.25, 0.3) is 68.7 Å². The molecule has 4 aliphatic rings. The molecule has 0 aliphatic carbocycles. The molecule has 16 heterocycles. The maximum Gasteiger partial charge on any atom is 0.398 e. The van der Waals surface area contributed by atoms with E-state index >= 15 is 0 Å². The zero-order valence-electron chi connectivity index (χ0n) is 75.7. The molecule has 0 bridgehead atoms. The van der Waals surface area contributed by atoms with Gasteiger partial charge in [-0.05, 0) is 181 Å². The number of pyridine rings is 8. The summed E-state index contributed by atoms with van der Waals surface area (Å²) in [6.07, 6.45) is 14.8. The molecular weight excluding hydrogens is 1180 g/mol. The highest BCUT2D eigenvalue weighted by molar-refractivity contribution is 6.82. The summed E-state index contributed by atoms with van der Waals surface area (Å²) in [5.41, 5.74) is 12.9. The number of hydrogen-bond acceptors (Lipinski definition) is 12. The smallest absolute Gasteiger partial charge is 0.398 e. The molecule has 474 valence electrons. The minimum absolute atomic E-state index is 0.00782. The van der Waals surface area contributed by atoms with Gasteiger partial charge >= 0.3 is 27.4 Å². The molecule has 95 heavy (non-hydrogen) atoms. The van der Waals surface area contributed by atoms with Gasteiger partial charge in [-0.3, -0.25) is 0 Å². The quantitative estimate of drug-likeness (QED) is 0.123. The minimum atomic E-state index is -2.31. The Labute approximate surface area is 587 Å². The number of aryl methyl sites for hydroxylation is 15. The van der Waals surface area contributed by atoms with Gasteiger partial charge in [0, 0.05) is 131 Å². The molecule has 0 radical (unpaired) electrons. The molecular formula is C75H82B4N12O4+4. The zero-order valence-corrected chi connectivity index (χ0v) is 54.7. The molecule has 0 saturated heterocycles. The van der Waals surface area contributed by atoms with E-state index in [-0.39, 0.29) is 67.2 Å². The Morgan fingerprint density at radius 3 is 1.19 bits per heavy atom. The Hall–Kier alpha value is -10.2. The van der Waals surface area contributed by atoms with E-state index in [1.165, 1.54) is 17.7 Å². The normalized spacial score (nSPS) is 17.9. The van der Waals surface area contributed by atoms with Gasteiger partial charge in [-0.1, -0.05) is 48.2 Å². The summed E-state index contributed by atoms with van der Waals surface area (Å²) in [7, 11) is 15.1. The lowest BCUT2D eigenvalue weighted by atomic mass is 9.55. The van der Waals surface area contributed by atoms with Crippen molar-refractivity contribution in [2.75, 3.05) is 47.4 Å². The van der Waals surface area contributed by atoms with Crippen molar-refractivity contribution in [2.45, 2.75) is 75.7 Å². The van der Waals surface area contributed by atoms with Gasteiger partial charge in [0.15, 0.2) is 70.7 Å². The third-order valence-electron chi connectivity index (χ3n) is 18.1. The highest BCUT2D eigenvalue weighted by Gasteiger charge is 2.40. The van der Waals surface area contributed by atoms with Crippen molar-refractivity contribution in [1.29, 1.82) is 0 Å². The molecule has 0 N–H and O–H groups in total. The summed E-state index contributed by atoms with van der Waals surface area (Å²) >= 11 is 0. The second kappa shape index (κ2) is 24.9. The third kappa shape index (κ3) is 11.7. The van der Waals surface area contributed by atoms with Crippen LogP contribution in [0.3, 0.4) is 0 Å². The Morgan fingerprint density at radius 2 is 0.758 bits per heavy atom. The monoisotopic (exact) mass is 1280 g/mol. The van der Waals surface area contributed by atoms with Crippen LogP contribution in [0.2, 0.25) is 0 Å². The maximum atomic E-state index is 7.74. The van der Waals surface area contributed by atoms with Gasteiger partial charge < -0.3 is 36.9 Å². The average molecular weight is 1280 g/mol. The number of rotatable bonds is 4. The SMILES string of the molecule is [2H]C([2H])([2H])c1cc(C)c2c3c(oc2n1)N(C)B(c1cc(C)c(C([2H])([2H])[2H])c[n+]1C)C=C3.[2H]C([2H])([2H])c1ccc(B2C=Cc3c(oc4nc(C([2H])([2H])[2H])ccc34)N2C)[n+](C)c1.[2H]C([2H])([2H])c1ccc2c3c(oc2n1)N(C)B(c1cc(C)c(C([2H])([2H])[2H])c[n+]1C)C=C3.[2H]C([2H])([2H])c1ccc2c3c(oc2n1)N(C)B(c1cc(C)cc[n+]1C)C=C3. The summed E-state index contributed by atoms with van der Waals surface area (Å²) in [5, 5.41) is 3.11. The highest BCUT2D eigenvalue weighted by Crippen LogP contribution is 2.40. The maximum absolute atomic E-state index is 7.74. The Bertz CT molecular complexity index is 6030. The number of fused-ring (bicyclic) bond motifs is 12. The summed E-state index contributed by atoms with van der Waals surface area (Å²) in [6, 6.07) is 22.8. The first-order valence-electron chi connectivity index (χ1n) is 41.3. The van der Waals surface area contributed by atoms with Gasteiger partial charge in [0.25, 0.3) is 0 Å². The molecule has 16 rings (SSSR count). The number of aromatic nitrogens is 8. The summed E-state index contributed by atoms with van der Waals surface area (Å²) in [6.45, 7) is -8.69. The summed E-state index contributed by atoms with van der Waals surface area (Å²) in [5.74, 6) is 10.6. The van der Waals surface area contributed by atoms with Gasteiger partial charge in [0.2, 0.25) is 22.9 Å². The Kier molecular flexibility index (Phi) is 11.3. The van der Waals surface area contributed by atoms with Gasteiger partial charge in [-0.15, -0.1) is 0 Å². The molecule has 0 amide bonds. The van der Waals surface area contributed by atoms with Gasteiger partial charge in [0.1, 0.15) is 28.2 Å². The van der Waals surface area contributed by atoms with Crippen molar-refractivity contribution < 1.29 is 64.7 Å². The van der Waals surface area contributed by atoms with E-state index in [4.69, 9.17) is 46.5 Å². The number of hydrogen-bond donors (Lipinski definition) is 0. The van der Waals surface area contributed by atoms with Crippen LogP contribution in [0, 0.1) is 75.7 Å². The van der Waals surface area contributed by atoms with Crippen LogP contribution in [0.15, 0.2) is 145 Å². The second-order valence-electron chi connectivity index (χ2n) is 24.6. The fourth-order valence-electron chi connectivity index (χ4n) is 12.9. The van der Waals surface area contributed by atoms with Crippen molar-refractivity contribution in [2.24, 2.45) is 28.2 Å². The number of nitrogens with zero attached hydrogens (tertiary/aromatic N) is 12. The highest BCUT2D eigenvalue weighted by atomic mass is 16.4. The lowest BCUT2D eigenvalue weighted by Gasteiger charge is -2.24. The van der Waals surface area contributed by atoms with E-state index in [1.807, 2.05) is 147 Å². The van der Waals surface area contributed by atoms with Gasteiger partial charge in [0.05, 0.1) is 5.39 Å². The average Bonchev–Trinajstić information content (AvgIpc) is 1.55. The second-order valence-corrected chi connectivity index (χ2v) is 24.6. The Morgan fingerprint density at radius 1 is 0.358 bits per heavy atom. The third-order valence-corrected chi connectivity index (χ3v) is 18.1. The van der Waals surface area contributed by atoms with Crippen molar-refractivity contribution in [3.63, 3.8) is 0 Å². The fraction of sp³-hybridized carbons (Fsp3) is 0.253. The number of anilines is 4. The molecule has 0 aromatic carbocycles.